The minimum atomic E-state index is -0.0615. The third kappa shape index (κ3) is 1.90. The number of benzene rings is 2. The molecule has 1 heterocycles. The van der Waals surface area contributed by atoms with Crippen molar-refractivity contribution < 1.29 is 4.79 Å². The number of hydrogen-bond acceptors (Lipinski definition) is 1. The zero-order chi connectivity index (χ0) is 12.4. The molecule has 2 aromatic rings. The van der Waals surface area contributed by atoms with Gasteiger partial charge < -0.3 is 5.32 Å². The summed E-state index contributed by atoms with van der Waals surface area (Å²) in [6.07, 6.45) is 0. The van der Waals surface area contributed by atoms with Crippen LogP contribution in [-0.2, 0) is 4.79 Å². The molecule has 90 valence electrons. The first kappa shape index (κ1) is 11.0. The lowest BCUT2D eigenvalue weighted by Crippen LogP contribution is -2.18. The van der Waals surface area contributed by atoms with Crippen molar-refractivity contribution in [1.82, 2.24) is 5.32 Å². The molecule has 0 radical (unpaired) electrons. The topological polar surface area (TPSA) is 29.1 Å². The van der Waals surface area contributed by atoms with Crippen molar-refractivity contribution >= 4 is 5.91 Å². The van der Waals surface area contributed by atoms with E-state index in [1.54, 1.807) is 0 Å². The summed E-state index contributed by atoms with van der Waals surface area (Å²) < 4.78 is 0. The highest BCUT2D eigenvalue weighted by Gasteiger charge is 2.36. The van der Waals surface area contributed by atoms with Crippen LogP contribution in [-0.4, -0.2) is 12.5 Å². The zero-order valence-corrected chi connectivity index (χ0v) is 10.0. The number of amides is 1. The van der Waals surface area contributed by atoms with E-state index in [0.717, 1.165) is 12.1 Å². The van der Waals surface area contributed by atoms with E-state index < -0.39 is 0 Å². The quantitative estimate of drug-likeness (QED) is 0.854. The van der Waals surface area contributed by atoms with Gasteiger partial charge in [0.05, 0.1) is 5.92 Å². The lowest BCUT2D eigenvalue weighted by Gasteiger charge is -2.17. The second-order valence-corrected chi connectivity index (χ2v) is 4.65. The molecule has 0 spiro atoms. The van der Waals surface area contributed by atoms with Crippen LogP contribution in [0.1, 0.15) is 23.0 Å². The van der Waals surface area contributed by atoms with Crippen molar-refractivity contribution in [2.75, 3.05) is 6.54 Å². The van der Waals surface area contributed by atoms with Gasteiger partial charge in [-0.05, 0) is 11.1 Å². The maximum absolute atomic E-state index is 12.0. The molecule has 0 aromatic heterocycles. The van der Waals surface area contributed by atoms with E-state index in [4.69, 9.17) is 0 Å². The molecule has 2 heteroatoms. The highest BCUT2D eigenvalue weighted by Crippen LogP contribution is 2.36. The van der Waals surface area contributed by atoms with Crippen LogP contribution >= 0.6 is 0 Å². The van der Waals surface area contributed by atoms with Crippen molar-refractivity contribution in [2.24, 2.45) is 0 Å². The van der Waals surface area contributed by atoms with E-state index in [-0.39, 0.29) is 17.7 Å². The number of nitrogens with one attached hydrogen (secondary N) is 1. The highest BCUT2D eigenvalue weighted by molar-refractivity contribution is 5.87. The third-order valence-electron chi connectivity index (χ3n) is 3.57. The minimum Gasteiger partial charge on any atom is -0.355 e. The van der Waals surface area contributed by atoms with Gasteiger partial charge in [0.2, 0.25) is 5.91 Å². The predicted molar refractivity (Wildman–Crippen MR) is 71.4 cm³/mol. The van der Waals surface area contributed by atoms with Gasteiger partial charge in [-0.2, -0.15) is 0 Å². The Balaban J connectivity index is 1.98. The van der Waals surface area contributed by atoms with Crippen LogP contribution in [0.4, 0.5) is 0 Å². The largest absolute Gasteiger partial charge is 0.355 e. The van der Waals surface area contributed by atoms with E-state index in [0.29, 0.717) is 0 Å². The predicted octanol–water partition coefficient (Wildman–Crippen LogP) is 2.68. The van der Waals surface area contributed by atoms with Crippen LogP contribution in [0.5, 0.6) is 0 Å². The minimum absolute atomic E-state index is 0.0615. The Morgan fingerprint density at radius 1 is 0.833 bits per heavy atom. The normalized spacial score (nSPS) is 22.8. The Kier molecular flexibility index (Phi) is 2.85. The Morgan fingerprint density at radius 2 is 1.39 bits per heavy atom. The Morgan fingerprint density at radius 3 is 2.00 bits per heavy atom. The SMILES string of the molecule is O=C1NC[C@@H](c2ccccc2)[C@@H]1c1ccccc1. The van der Waals surface area contributed by atoms with Crippen LogP contribution in [0, 0.1) is 0 Å². The van der Waals surface area contributed by atoms with Gasteiger partial charge in [0.1, 0.15) is 0 Å². The van der Waals surface area contributed by atoms with E-state index in [2.05, 4.69) is 17.4 Å². The lowest BCUT2D eigenvalue weighted by molar-refractivity contribution is -0.120. The number of hydrogen-bond donors (Lipinski definition) is 1. The van der Waals surface area contributed by atoms with Crippen LogP contribution in [0.15, 0.2) is 60.7 Å². The van der Waals surface area contributed by atoms with Crippen LogP contribution in [0.3, 0.4) is 0 Å². The Hall–Kier alpha value is -2.09. The Labute approximate surface area is 107 Å². The van der Waals surface area contributed by atoms with Crippen molar-refractivity contribution in [2.45, 2.75) is 11.8 Å². The third-order valence-corrected chi connectivity index (χ3v) is 3.57. The molecule has 3 rings (SSSR count). The van der Waals surface area contributed by atoms with Gasteiger partial charge in [0, 0.05) is 12.5 Å². The molecule has 1 N–H and O–H groups in total. The van der Waals surface area contributed by atoms with Gasteiger partial charge >= 0.3 is 0 Å². The molecular formula is C16H15NO. The summed E-state index contributed by atoms with van der Waals surface area (Å²) in [5, 5.41) is 2.98. The first-order valence-corrected chi connectivity index (χ1v) is 6.24. The first-order valence-electron chi connectivity index (χ1n) is 6.24. The summed E-state index contributed by atoms with van der Waals surface area (Å²) in [5.74, 6) is 0.310. The molecule has 18 heavy (non-hydrogen) atoms. The molecule has 2 nitrogen and oxygen atoms in total. The fourth-order valence-corrected chi connectivity index (χ4v) is 2.68. The average molecular weight is 237 g/mol. The van der Waals surface area contributed by atoms with Crippen LogP contribution < -0.4 is 5.32 Å². The first-order chi connectivity index (χ1) is 8.86. The fourth-order valence-electron chi connectivity index (χ4n) is 2.68. The van der Waals surface area contributed by atoms with Gasteiger partial charge in [-0.3, -0.25) is 4.79 Å². The molecule has 2 atom stereocenters. The summed E-state index contributed by atoms with van der Waals surface area (Å²) >= 11 is 0. The molecule has 0 aliphatic carbocycles. The molecular weight excluding hydrogens is 222 g/mol. The molecule has 0 unspecified atom stereocenters. The molecule has 0 bridgehead atoms. The molecule has 1 amide bonds. The maximum Gasteiger partial charge on any atom is 0.228 e. The maximum atomic E-state index is 12.0. The summed E-state index contributed by atoms with van der Waals surface area (Å²) in [6, 6.07) is 20.3. The van der Waals surface area contributed by atoms with Gasteiger partial charge in [-0.15, -0.1) is 0 Å². The fraction of sp³-hybridized carbons (Fsp3) is 0.188. The molecule has 1 saturated heterocycles. The van der Waals surface area contributed by atoms with E-state index in [1.807, 2.05) is 48.5 Å². The van der Waals surface area contributed by atoms with Gasteiger partial charge in [0.15, 0.2) is 0 Å². The van der Waals surface area contributed by atoms with Crippen molar-refractivity contribution in [3.05, 3.63) is 71.8 Å². The summed E-state index contributed by atoms with van der Waals surface area (Å²) in [5.41, 5.74) is 2.33. The van der Waals surface area contributed by atoms with E-state index in [1.165, 1.54) is 5.56 Å². The number of carbonyl (C=O) groups is 1. The Bertz CT molecular complexity index is 536. The second-order valence-electron chi connectivity index (χ2n) is 4.65. The smallest absolute Gasteiger partial charge is 0.228 e. The molecule has 0 saturated carbocycles. The van der Waals surface area contributed by atoms with Crippen molar-refractivity contribution in [3.63, 3.8) is 0 Å². The summed E-state index contributed by atoms with van der Waals surface area (Å²) in [4.78, 5) is 12.0. The molecule has 1 fully saturated rings. The van der Waals surface area contributed by atoms with Crippen LogP contribution in [0.25, 0.3) is 0 Å². The monoisotopic (exact) mass is 237 g/mol. The zero-order valence-electron chi connectivity index (χ0n) is 10.0. The van der Waals surface area contributed by atoms with E-state index in [9.17, 15) is 4.79 Å². The summed E-state index contributed by atoms with van der Waals surface area (Å²) in [7, 11) is 0. The van der Waals surface area contributed by atoms with Crippen molar-refractivity contribution in [1.29, 1.82) is 0 Å². The van der Waals surface area contributed by atoms with Crippen LogP contribution in [0.2, 0.25) is 0 Å². The molecule has 2 aromatic carbocycles. The number of rotatable bonds is 2. The highest BCUT2D eigenvalue weighted by atomic mass is 16.2. The number of carbonyl (C=O) groups excluding carboxylic acids is 1. The van der Waals surface area contributed by atoms with Gasteiger partial charge in [-0.1, -0.05) is 60.7 Å². The summed E-state index contributed by atoms with van der Waals surface area (Å²) in [6.45, 7) is 0.725. The second kappa shape index (κ2) is 4.65. The van der Waals surface area contributed by atoms with Crippen molar-refractivity contribution in [3.8, 4) is 0 Å². The van der Waals surface area contributed by atoms with Gasteiger partial charge in [-0.25, -0.2) is 0 Å². The van der Waals surface area contributed by atoms with E-state index >= 15 is 0 Å². The molecule has 1 aliphatic rings. The van der Waals surface area contributed by atoms with Gasteiger partial charge in [0.25, 0.3) is 0 Å². The lowest BCUT2D eigenvalue weighted by atomic mass is 9.84. The average Bonchev–Trinajstić information content (AvgIpc) is 2.83. The standard InChI is InChI=1S/C16H15NO/c18-16-15(13-9-5-2-6-10-13)14(11-17-16)12-7-3-1-4-8-12/h1-10,14-15H,11H2,(H,17,18)/t14-,15-/m0/s1. The molecule has 1 aliphatic heterocycles.